The lowest BCUT2D eigenvalue weighted by Crippen LogP contribution is -2.35. The highest BCUT2D eigenvalue weighted by atomic mass is 32.3. The number of fused-ring (bicyclic) bond motifs is 2. The molecule has 2 aliphatic heterocycles. The van der Waals surface area contributed by atoms with E-state index in [9.17, 15) is 18.0 Å². The van der Waals surface area contributed by atoms with Crippen LogP contribution in [0.5, 0.6) is 0 Å². The zero-order valence-electron chi connectivity index (χ0n) is 12.3. The Bertz CT molecular complexity index is 763. The molecule has 0 aromatic carbocycles. The van der Waals surface area contributed by atoms with Crippen LogP contribution in [0.3, 0.4) is 0 Å². The van der Waals surface area contributed by atoms with E-state index in [1.807, 2.05) is 0 Å². The molecule has 2 saturated heterocycles. The number of urea groups is 2. The lowest BCUT2D eigenvalue weighted by atomic mass is 9.98. The Morgan fingerprint density at radius 2 is 2.29 bits per heavy atom. The zero-order chi connectivity index (χ0) is 17.5. The fourth-order valence-electron chi connectivity index (χ4n) is 2.88. The molecule has 132 valence electrons. The quantitative estimate of drug-likeness (QED) is 0.591. The minimum Gasteiger partial charge on any atom is -0.359 e. The van der Waals surface area contributed by atoms with Gasteiger partial charge in [-0.1, -0.05) is 5.16 Å². The number of piperidine rings is 1. The first-order chi connectivity index (χ1) is 11.2. The summed E-state index contributed by atoms with van der Waals surface area (Å²) in [7, 11) is -4.78. The average Bonchev–Trinajstić information content (AvgIpc) is 3.04. The highest BCUT2D eigenvalue weighted by Crippen LogP contribution is 2.38. The third-order valence-electron chi connectivity index (χ3n) is 3.85. The second kappa shape index (κ2) is 5.92. The second-order valence-corrected chi connectivity index (χ2v) is 6.45. The number of nitrogens with one attached hydrogen (secondary N) is 1. The van der Waals surface area contributed by atoms with Crippen LogP contribution in [-0.2, 0) is 21.2 Å². The van der Waals surface area contributed by atoms with Gasteiger partial charge < -0.3 is 20.5 Å². The Hall–Kier alpha value is -2.38. The number of carbonyl (C=O) groups excluding carboxylic acids is 2. The van der Waals surface area contributed by atoms with Gasteiger partial charge in [-0.3, -0.25) is 4.55 Å². The van der Waals surface area contributed by atoms with Crippen LogP contribution in [-0.4, -0.2) is 52.7 Å². The van der Waals surface area contributed by atoms with Crippen molar-refractivity contribution >= 4 is 22.5 Å². The van der Waals surface area contributed by atoms with E-state index in [4.69, 9.17) is 14.8 Å². The van der Waals surface area contributed by atoms with E-state index in [-0.39, 0.29) is 13.1 Å². The van der Waals surface area contributed by atoms with Crippen molar-refractivity contribution in [3.8, 4) is 0 Å². The van der Waals surface area contributed by atoms with Crippen LogP contribution in [0.25, 0.3) is 0 Å². The minimum absolute atomic E-state index is 0.0591. The highest BCUT2D eigenvalue weighted by molar-refractivity contribution is 7.80. The van der Waals surface area contributed by atoms with Crippen molar-refractivity contribution in [2.75, 3.05) is 6.54 Å². The van der Waals surface area contributed by atoms with Crippen LogP contribution in [0.15, 0.2) is 10.6 Å². The number of hydrogen-bond donors (Lipinski definition) is 3. The smallest absolute Gasteiger partial charge is 0.359 e. The van der Waals surface area contributed by atoms with Gasteiger partial charge in [-0.15, -0.1) is 4.28 Å². The Balaban J connectivity index is 1.73. The molecule has 12 nitrogen and oxygen atoms in total. The van der Waals surface area contributed by atoms with Crippen molar-refractivity contribution in [3.63, 3.8) is 0 Å². The molecule has 0 saturated carbocycles. The van der Waals surface area contributed by atoms with E-state index in [1.165, 1.54) is 4.90 Å². The molecule has 3 heterocycles. The van der Waals surface area contributed by atoms with Crippen LogP contribution < -0.4 is 11.1 Å². The van der Waals surface area contributed by atoms with Gasteiger partial charge in [0.2, 0.25) is 0 Å². The van der Waals surface area contributed by atoms with Crippen molar-refractivity contribution < 1.29 is 31.4 Å². The number of amides is 4. The summed E-state index contributed by atoms with van der Waals surface area (Å²) >= 11 is 0. The van der Waals surface area contributed by atoms with Gasteiger partial charge >= 0.3 is 22.5 Å². The molecule has 1 aromatic heterocycles. The molecule has 4 amide bonds. The normalized spacial score (nSPS) is 23.6. The summed E-state index contributed by atoms with van der Waals surface area (Å²) < 4.78 is 39.9. The molecular formula is C11H15N5O7S. The summed E-state index contributed by atoms with van der Waals surface area (Å²) in [6.07, 6.45) is 0.973. The van der Waals surface area contributed by atoms with Crippen LogP contribution in [0.2, 0.25) is 0 Å². The molecule has 2 bridgehead atoms. The fourth-order valence-corrected chi connectivity index (χ4v) is 3.27. The largest absolute Gasteiger partial charge is 0.418 e. The zero-order valence-corrected chi connectivity index (χ0v) is 13.1. The van der Waals surface area contributed by atoms with E-state index >= 15 is 0 Å². The second-order valence-electron chi connectivity index (χ2n) is 5.45. The van der Waals surface area contributed by atoms with Gasteiger partial charge in [-0.2, -0.15) is 13.5 Å². The number of hydrogen-bond acceptors (Lipinski definition) is 7. The number of nitrogens with two attached hydrogens (primary N) is 1. The van der Waals surface area contributed by atoms with Crippen molar-refractivity contribution in [3.05, 3.63) is 17.5 Å². The number of primary amides is 1. The number of rotatable bonds is 5. The number of carbonyl (C=O) groups is 2. The van der Waals surface area contributed by atoms with Crippen molar-refractivity contribution in [2.45, 2.75) is 31.5 Å². The van der Waals surface area contributed by atoms with E-state index in [0.717, 1.165) is 0 Å². The molecule has 0 unspecified atom stereocenters. The lowest BCUT2D eigenvalue weighted by Gasteiger charge is -2.28. The summed E-state index contributed by atoms with van der Waals surface area (Å²) in [4.78, 5) is 24.4. The van der Waals surface area contributed by atoms with Crippen molar-refractivity contribution in [2.24, 2.45) is 5.73 Å². The molecule has 13 heteroatoms. The highest BCUT2D eigenvalue weighted by Gasteiger charge is 2.48. The van der Waals surface area contributed by atoms with E-state index in [2.05, 4.69) is 14.8 Å². The number of nitrogens with zero attached hydrogens (tertiary/aromatic N) is 3. The first-order valence-corrected chi connectivity index (χ1v) is 8.37. The first kappa shape index (κ1) is 16.5. The Labute approximate surface area is 136 Å². The van der Waals surface area contributed by atoms with Gasteiger partial charge in [0, 0.05) is 12.6 Å². The standard InChI is InChI=1S/C11H15N5O7S/c12-10(17)13-4-7-3-8(14-22-7)9-2-1-6-5-15(9)11(18)16(6)23-24(19,20)21/h3,6,9H,1-2,4-5H2,(H3,12,13,17)(H,19,20,21)/t6-,9+/m1/s1. The first-order valence-electron chi connectivity index (χ1n) is 7.00. The average molecular weight is 361 g/mol. The summed E-state index contributed by atoms with van der Waals surface area (Å²) in [6.45, 7) is 0.296. The van der Waals surface area contributed by atoms with Crippen molar-refractivity contribution in [1.29, 1.82) is 0 Å². The minimum atomic E-state index is -4.78. The molecule has 2 atom stereocenters. The van der Waals surface area contributed by atoms with E-state index < -0.39 is 34.5 Å². The maximum Gasteiger partial charge on any atom is 0.418 e. The fraction of sp³-hybridized carbons (Fsp3) is 0.545. The Morgan fingerprint density at radius 1 is 1.54 bits per heavy atom. The molecule has 2 aliphatic rings. The van der Waals surface area contributed by atoms with Gasteiger partial charge in [0.15, 0.2) is 5.76 Å². The summed E-state index contributed by atoms with van der Waals surface area (Å²) in [6, 6.07) is -0.699. The van der Waals surface area contributed by atoms with Gasteiger partial charge in [0.1, 0.15) is 5.69 Å². The predicted molar refractivity (Wildman–Crippen MR) is 75.3 cm³/mol. The van der Waals surface area contributed by atoms with Gasteiger partial charge in [0.25, 0.3) is 0 Å². The van der Waals surface area contributed by atoms with Gasteiger partial charge in [-0.25, -0.2) is 9.59 Å². The van der Waals surface area contributed by atoms with Gasteiger partial charge in [-0.05, 0) is 12.8 Å². The summed E-state index contributed by atoms with van der Waals surface area (Å²) in [5, 5.41) is 6.89. The number of aromatic nitrogens is 1. The van der Waals surface area contributed by atoms with Gasteiger partial charge in [0.05, 0.1) is 18.6 Å². The molecule has 1 aromatic rings. The molecule has 3 rings (SSSR count). The van der Waals surface area contributed by atoms with E-state index in [1.54, 1.807) is 6.07 Å². The van der Waals surface area contributed by atoms with E-state index in [0.29, 0.717) is 29.4 Å². The number of hydroxylamine groups is 2. The molecule has 24 heavy (non-hydrogen) atoms. The lowest BCUT2D eigenvalue weighted by molar-refractivity contribution is -0.0317. The molecule has 4 N–H and O–H groups in total. The molecule has 0 radical (unpaired) electrons. The summed E-state index contributed by atoms with van der Waals surface area (Å²) in [5.74, 6) is 0.364. The third kappa shape index (κ3) is 3.27. The predicted octanol–water partition coefficient (Wildman–Crippen LogP) is -0.482. The molecule has 0 aliphatic carbocycles. The monoisotopic (exact) mass is 361 g/mol. The molecular weight excluding hydrogens is 346 g/mol. The SMILES string of the molecule is NC(=O)NCc1cc([C@@H]2CC[C@@H]3CN2C(=O)N3OS(=O)(=O)O)no1. The van der Waals surface area contributed by atoms with Crippen LogP contribution >= 0.6 is 0 Å². The maximum atomic E-state index is 12.3. The summed E-state index contributed by atoms with van der Waals surface area (Å²) in [5.41, 5.74) is 5.44. The molecule has 2 fully saturated rings. The Kier molecular flexibility index (Phi) is 4.06. The van der Waals surface area contributed by atoms with Crippen LogP contribution in [0.4, 0.5) is 9.59 Å². The third-order valence-corrected chi connectivity index (χ3v) is 4.20. The Morgan fingerprint density at radius 3 is 2.96 bits per heavy atom. The molecule has 0 spiro atoms. The van der Waals surface area contributed by atoms with Crippen molar-refractivity contribution in [1.82, 2.24) is 20.4 Å². The topological polar surface area (TPSA) is 168 Å². The van der Waals surface area contributed by atoms with Crippen LogP contribution in [0.1, 0.15) is 30.3 Å². The maximum absolute atomic E-state index is 12.3. The van der Waals surface area contributed by atoms with Crippen LogP contribution in [0, 0.1) is 0 Å².